The molecular formula is C23H44N2O. The highest BCUT2D eigenvalue weighted by molar-refractivity contribution is 5.83. The van der Waals surface area contributed by atoms with Crippen molar-refractivity contribution in [3.8, 4) is 0 Å². The fourth-order valence-corrected chi connectivity index (χ4v) is 3.66. The lowest BCUT2D eigenvalue weighted by molar-refractivity contribution is 0.255. The van der Waals surface area contributed by atoms with Crippen molar-refractivity contribution in [2.45, 2.75) is 103 Å². The molecule has 0 amide bonds. The van der Waals surface area contributed by atoms with Crippen molar-refractivity contribution in [1.82, 2.24) is 4.90 Å². The first-order valence-corrected chi connectivity index (χ1v) is 11.4. The van der Waals surface area contributed by atoms with E-state index in [1.54, 1.807) is 0 Å². The molecule has 0 aliphatic carbocycles. The number of aliphatic hydroxyl groups excluding tert-OH is 1. The maximum absolute atomic E-state index is 9.06. The number of allylic oxidation sites excluding steroid dienone is 2. The molecule has 0 bridgehead atoms. The summed E-state index contributed by atoms with van der Waals surface area (Å²) in [5, 5.41) is 9.06. The van der Waals surface area contributed by atoms with E-state index in [9.17, 15) is 0 Å². The van der Waals surface area contributed by atoms with Gasteiger partial charge in [0.05, 0.1) is 19.0 Å². The van der Waals surface area contributed by atoms with Crippen molar-refractivity contribution in [3.63, 3.8) is 0 Å². The van der Waals surface area contributed by atoms with Gasteiger partial charge in [0.2, 0.25) is 0 Å². The Balaban J connectivity index is 1.80. The summed E-state index contributed by atoms with van der Waals surface area (Å²) < 4.78 is 0. The van der Waals surface area contributed by atoms with Gasteiger partial charge < -0.3 is 10.0 Å². The highest BCUT2D eigenvalue weighted by Crippen LogP contribution is 2.13. The summed E-state index contributed by atoms with van der Waals surface area (Å²) in [6.45, 7) is 5.20. The third kappa shape index (κ3) is 12.5. The smallest absolute Gasteiger partial charge is 0.0991 e. The number of aliphatic hydroxyl groups is 1. The second kappa shape index (κ2) is 17.6. The lowest BCUT2D eigenvalue weighted by Crippen LogP contribution is -2.30. The molecule has 0 saturated heterocycles. The molecule has 0 atom stereocenters. The molecule has 3 nitrogen and oxygen atoms in total. The molecule has 1 rings (SSSR count). The van der Waals surface area contributed by atoms with Crippen molar-refractivity contribution in [2.75, 3.05) is 26.2 Å². The van der Waals surface area contributed by atoms with Crippen LogP contribution in [0.4, 0.5) is 0 Å². The Kier molecular flexibility index (Phi) is 15.7. The molecule has 1 aliphatic rings. The van der Waals surface area contributed by atoms with Crippen molar-refractivity contribution in [2.24, 2.45) is 4.99 Å². The summed E-state index contributed by atoms with van der Waals surface area (Å²) in [6, 6.07) is 0. The monoisotopic (exact) mass is 364 g/mol. The quantitative estimate of drug-likeness (QED) is 0.235. The Labute approximate surface area is 163 Å². The van der Waals surface area contributed by atoms with Crippen LogP contribution in [0.2, 0.25) is 0 Å². The first-order valence-electron chi connectivity index (χ1n) is 11.4. The van der Waals surface area contributed by atoms with E-state index in [0.29, 0.717) is 0 Å². The fraction of sp³-hybridized carbons (Fsp3) is 0.870. The minimum atomic E-state index is 0.242. The lowest BCUT2D eigenvalue weighted by Gasteiger charge is -2.18. The van der Waals surface area contributed by atoms with Gasteiger partial charge in [-0.3, -0.25) is 4.99 Å². The van der Waals surface area contributed by atoms with Gasteiger partial charge in [-0.1, -0.05) is 76.9 Å². The highest BCUT2D eigenvalue weighted by atomic mass is 16.3. The standard InChI is InChI=1S/C23H44N2O/c1-2-3-4-5-6-7-8-9-10-11-12-13-14-15-16-17-18-23-24-19-20-25(23)21-22-26/h9-10,26H,2-8,11-22H2,1H3/b10-9-. The molecule has 0 aromatic heterocycles. The van der Waals surface area contributed by atoms with Gasteiger partial charge in [-0.05, 0) is 32.1 Å². The molecule has 1 aliphatic heterocycles. The Morgan fingerprint density at radius 3 is 2.04 bits per heavy atom. The van der Waals surface area contributed by atoms with Crippen LogP contribution < -0.4 is 0 Å². The van der Waals surface area contributed by atoms with E-state index < -0.39 is 0 Å². The van der Waals surface area contributed by atoms with E-state index in [-0.39, 0.29) is 6.61 Å². The van der Waals surface area contributed by atoms with Crippen molar-refractivity contribution in [1.29, 1.82) is 0 Å². The van der Waals surface area contributed by atoms with Crippen LogP contribution in [0.3, 0.4) is 0 Å². The number of nitrogens with zero attached hydrogens (tertiary/aromatic N) is 2. The van der Waals surface area contributed by atoms with Crippen molar-refractivity contribution >= 4 is 5.84 Å². The fourth-order valence-electron chi connectivity index (χ4n) is 3.66. The third-order valence-corrected chi connectivity index (χ3v) is 5.31. The van der Waals surface area contributed by atoms with Crippen molar-refractivity contribution in [3.05, 3.63) is 12.2 Å². The van der Waals surface area contributed by atoms with E-state index in [4.69, 9.17) is 5.11 Å². The largest absolute Gasteiger partial charge is 0.395 e. The zero-order chi connectivity index (χ0) is 18.7. The number of β-amino-alcohol motifs (C(OH)–C–C–N with tert-alkyl or cyclic N) is 1. The average Bonchev–Trinajstić information content (AvgIpc) is 3.09. The first kappa shape index (κ1) is 23.2. The van der Waals surface area contributed by atoms with Crippen LogP contribution in [0, 0.1) is 0 Å². The van der Waals surface area contributed by atoms with Gasteiger partial charge in [-0.2, -0.15) is 0 Å². The second-order valence-electron chi connectivity index (χ2n) is 7.70. The summed E-state index contributed by atoms with van der Waals surface area (Å²) in [5.41, 5.74) is 0. The summed E-state index contributed by atoms with van der Waals surface area (Å²) in [7, 11) is 0. The second-order valence-corrected chi connectivity index (χ2v) is 7.70. The van der Waals surface area contributed by atoms with Crippen LogP contribution in [-0.4, -0.2) is 42.1 Å². The van der Waals surface area contributed by atoms with Gasteiger partial charge in [0, 0.05) is 19.5 Å². The van der Waals surface area contributed by atoms with E-state index in [1.165, 1.54) is 95.7 Å². The molecule has 0 spiro atoms. The molecule has 0 saturated carbocycles. The predicted molar refractivity (Wildman–Crippen MR) is 115 cm³/mol. The third-order valence-electron chi connectivity index (χ3n) is 5.31. The van der Waals surface area contributed by atoms with Gasteiger partial charge in [0.25, 0.3) is 0 Å². The number of hydrogen-bond acceptors (Lipinski definition) is 3. The van der Waals surface area contributed by atoms with Crippen LogP contribution in [0.15, 0.2) is 17.1 Å². The molecule has 0 unspecified atom stereocenters. The van der Waals surface area contributed by atoms with Crippen LogP contribution in [0.1, 0.15) is 103 Å². The molecule has 26 heavy (non-hydrogen) atoms. The molecule has 3 heteroatoms. The molecule has 0 fully saturated rings. The average molecular weight is 365 g/mol. The lowest BCUT2D eigenvalue weighted by atomic mass is 10.1. The molecule has 0 aromatic rings. The Morgan fingerprint density at radius 1 is 0.846 bits per heavy atom. The molecule has 1 heterocycles. The SMILES string of the molecule is CCCCCCCC/C=C\CCCCCCCCC1=NCCN1CCO. The molecular weight excluding hydrogens is 320 g/mol. The number of unbranched alkanes of at least 4 members (excludes halogenated alkanes) is 12. The van der Waals surface area contributed by atoms with Gasteiger partial charge in [-0.15, -0.1) is 0 Å². The van der Waals surface area contributed by atoms with Gasteiger partial charge in [0.1, 0.15) is 0 Å². The zero-order valence-corrected chi connectivity index (χ0v) is 17.4. The Hall–Kier alpha value is -0.830. The summed E-state index contributed by atoms with van der Waals surface area (Å²) >= 11 is 0. The maximum Gasteiger partial charge on any atom is 0.0991 e. The summed E-state index contributed by atoms with van der Waals surface area (Å²) in [4.78, 5) is 6.81. The van der Waals surface area contributed by atoms with Gasteiger partial charge in [-0.25, -0.2) is 0 Å². The van der Waals surface area contributed by atoms with Gasteiger partial charge in [0.15, 0.2) is 0 Å². The van der Waals surface area contributed by atoms with E-state index in [0.717, 1.165) is 26.1 Å². The minimum absolute atomic E-state index is 0.242. The summed E-state index contributed by atoms with van der Waals surface area (Å²) in [5.74, 6) is 1.23. The Morgan fingerprint density at radius 2 is 1.42 bits per heavy atom. The number of aliphatic imine (C=N–C) groups is 1. The van der Waals surface area contributed by atoms with Crippen LogP contribution in [0.25, 0.3) is 0 Å². The normalized spacial score (nSPS) is 14.5. The maximum atomic E-state index is 9.06. The van der Waals surface area contributed by atoms with E-state index in [1.807, 2.05) is 0 Å². The first-order chi connectivity index (χ1) is 12.9. The van der Waals surface area contributed by atoms with Crippen LogP contribution in [0.5, 0.6) is 0 Å². The van der Waals surface area contributed by atoms with Crippen LogP contribution >= 0.6 is 0 Å². The topological polar surface area (TPSA) is 35.8 Å². The number of hydrogen-bond donors (Lipinski definition) is 1. The number of rotatable bonds is 18. The van der Waals surface area contributed by atoms with E-state index >= 15 is 0 Å². The van der Waals surface area contributed by atoms with Gasteiger partial charge >= 0.3 is 0 Å². The highest BCUT2D eigenvalue weighted by Gasteiger charge is 2.14. The number of amidine groups is 1. The molecule has 1 N–H and O–H groups in total. The summed E-state index contributed by atoms with van der Waals surface area (Å²) in [6.07, 6.45) is 24.9. The predicted octanol–water partition coefficient (Wildman–Crippen LogP) is 6.12. The Bertz CT molecular complexity index is 365. The van der Waals surface area contributed by atoms with Crippen molar-refractivity contribution < 1.29 is 5.11 Å². The van der Waals surface area contributed by atoms with Crippen LogP contribution in [-0.2, 0) is 0 Å². The molecule has 0 radical (unpaired) electrons. The molecule has 0 aromatic carbocycles. The van der Waals surface area contributed by atoms with E-state index in [2.05, 4.69) is 29.0 Å². The zero-order valence-electron chi connectivity index (χ0n) is 17.4. The molecule has 152 valence electrons. The minimum Gasteiger partial charge on any atom is -0.395 e.